The molecule has 0 aromatic rings. The van der Waals surface area contributed by atoms with Crippen LogP contribution in [0.5, 0.6) is 0 Å². The van der Waals surface area contributed by atoms with Crippen molar-refractivity contribution < 1.29 is 5.11 Å². The monoisotopic (exact) mass is 186 g/mol. The number of hydrogen-bond donors (Lipinski definition) is 1. The maximum atomic E-state index is 10.3. The third-order valence-corrected chi connectivity index (χ3v) is 5.01. The normalized spacial score (nSPS) is 47.0. The summed E-state index contributed by atoms with van der Waals surface area (Å²) >= 11 is 2.11. The first-order valence-corrected chi connectivity index (χ1v) is 5.92. The van der Waals surface area contributed by atoms with Crippen LogP contribution in [0.3, 0.4) is 0 Å². The molecule has 0 aromatic heterocycles. The lowest BCUT2D eigenvalue weighted by molar-refractivity contribution is -0.0196. The highest BCUT2D eigenvalue weighted by atomic mass is 32.2. The number of hydrogen-bond acceptors (Lipinski definition) is 2. The zero-order valence-electron chi connectivity index (χ0n) is 7.92. The summed E-state index contributed by atoms with van der Waals surface area (Å²) in [5.41, 5.74) is -0.336. The minimum absolute atomic E-state index is 0.336. The van der Waals surface area contributed by atoms with Crippen LogP contribution in [0.4, 0.5) is 0 Å². The predicted octanol–water partition coefficient (Wildman–Crippen LogP) is 2.43. The first-order valence-electron chi connectivity index (χ1n) is 4.98. The molecule has 0 radical (unpaired) electrons. The SMILES string of the molecule is CC(C)[C@@]1(O)C[C@H]2CC[C@@H](C1)S2. The van der Waals surface area contributed by atoms with Crippen molar-refractivity contribution in [3.8, 4) is 0 Å². The lowest BCUT2D eigenvalue weighted by atomic mass is 9.83. The van der Waals surface area contributed by atoms with Gasteiger partial charge in [-0.15, -0.1) is 0 Å². The van der Waals surface area contributed by atoms with E-state index in [1.165, 1.54) is 12.8 Å². The Bertz CT molecular complexity index is 167. The van der Waals surface area contributed by atoms with Crippen LogP contribution < -0.4 is 0 Å². The van der Waals surface area contributed by atoms with Gasteiger partial charge in [-0.2, -0.15) is 11.8 Å². The van der Waals surface area contributed by atoms with Crippen LogP contribution in [0.1, 0.15) is 39.5 Å². The van der Waals surface area contributed by atoms with Crippen LogP contribution >= 0.6 is 11.8 Å². The van der Waals surface area contributed by atoms with Gasteiger partial charge in [0.15, 0.2) is 0 Å². The average molecular weight is 186 g/mol. The van der Waals surface area contributed by atoms with Crippen molar-refractivity contribution in [1.29, 1.82) is 0 Å². The fourth-order valence-electron chi connectivity index (χ4n) is 2.42. The van der Waals surface area contributed by atoms with Gasteiger partial charge < -0.3 is 5.11 Å². The number of aliphatic hydroxyl groups is 1. The van der Waals surface area contributed by atoms with E-state index in [1.807, 2.05) is 0 Å². The van der Waals surface area contributed by atoms with E-state index >= 15 is 0 Å². The Hall–Kier alpha value is 0.310. The Kier molecular flexibility index (Phi) is 2.16. The second-order valence-electron chi connectivity index (χ2n) is 4.62. The quantitative estimate of drug-likeness (QED) is 0.678. The first-order chi connectivity index (χ1) is 5.60. The van der Waals surface area contributed by atoms with Crippen molar-refractivity contribution in [2.75, 3.05) is 0 Å². The summed E-state index contributed by atoms with van der Waals surface area (Å²) < 4.78 is 0. The highest BCUT2D eigenvalue weighted by Gasteiger charge is 2.44. The molecule has 0 aromatic carbocycles. The maximum absolute atomic E-state index is 10.3. The van der Waals surface area contributed by atoms with E-state index in [0.29, 0.717) is 5.92 Å². The molecular weight excluding hydrogens is 168 g/mol. The van der Waals surface area contributed by atoms with Crippen molar-refractivity contribution in [3.63, 3.8) is 0 Å². The summed E-state index contributed by atoms with van der Waals surface area (Å²) in [7, 11) is 0. The van der Waals surface area contributed by atoms with Gasteiger partial charge in [0.05, 0.1) is 5.60 Å². The predicted molar refractivity (Wildman–Crippen MR) is 53.4 cm³/mol. The maximum Gasteiger partial charge on any atom is 0.0691 e. The van der Waals surface area contributed by atoms with E-state index in [-0.39, 0.29) is 5.60 Å². The second-order valence-corrected chi connectivity index (χ2v) is 6.23. The van der Waals surface area contributed by atoms with Crippen LogP contribution in [0.15, 0.2) is 0 Å². The molecule has 0 amide bonds. The largest absolute Gasteiger partial charge is 0.390 e. The number of thioether (sulfide) groups is 1. The summed E-state index contributed by atoms with van der Waals surface area (Å²) in [6.07, 6.45) is 4.74. The fraction of sp³-hybridized carbons (Fsp3) is 1.00. The van der Waals surface area contributed by atoms with Crippen molar-refractivity contribution in [1.82, 2.24) is 0 Å². The minimum atomic E-state index is -0.336. The summed E-state index contributed by atoms with van der Waals surface area (Å²) in [5, 5.41) is 11.8. The van der Waals surface area contributed by atoms with E-state index in [9.17, 15) is 5.11 Å². The van der Waals surface area contributed by atoms with E-state index in [4.69, 9.17) is 0 Å². The van der Waals surface area contributed by atoms with Gasteiger partial charge in [0, 0.05) is 10.5 Å². The van der Waals surface area contributed by atoms with Crippen LogP contribution in [-0.2, 0) is 0 Å². The molecule has 1 nitrogen and oxygen atoms in total. The number of rotatable bonds is 1. The summed E-state index contributed by atoms with van der Waals surface area (Å²) in [6, 6.07) is 0. The third-order valence-electron chi connectivity index (χ3n) is 3.43. The average Bonchev–Trinajstić information content (AvgIpc) is 2.30. The molecule has 0 aliphatic carbocycles. The van der Waals surface area contributed by atoms with E-state index in [1.54, 1.807) is 0 Å². The van der Waals surface area contributed by atoms with Crippen molar-refractivity contribution in [2.24, 2.45) is 5.92 Å². The molecule has 2 fully saturated rings. The van der Waals surface area contributed by atoms with Gasteiger partial charge in [0.1, 0.15) is 0 Å². The van der Waals surface area contributed by atoms with Crippen LogP contribution in [0, 0.1) is 5.92 Å². The molecule has 2 aliphatic heterocycles. The molecule has 2 heteroatoms. The Balaban J connectivity index is 2.10. The zero-order valence-corrected chi connectivity index (χ0v) is 8.73. The molecule has 12 heavy (non-hydrogen) atoms. The van der Waals surface area contributed by atoms with Crippen LogP contribution in [0.25, 0.3) is 0 Å². The Morgan fingerprint density at radius 2 is 1.75 bits per heavy atom. The Labute approximate surface area is 78.9 Å². The highest BCUT2D eigenvalue weighted by Crippen LogP contribution is 2.49. The molecular formula is C10H18OS. The molecule has 1 N–H and O–H groups in total. The third kappa shape index (κ3) is 1.39. The highest BCUT2D eigenvalue weighted by molar-refractivity contribution is 8.00. The Morgan fingerprint density at radius 1 is 1.25 bits per heavy atom. The van der Waals surface area contributed by atoms with Crippen LogP contribution in [0.2, 0.25) is 0 Å². The molecule has 0 unspecified atom stereocenters. The molecule has 0 spiro atoms. The van der Waals surface area contributed by atoms with E-state index in [2.05, 4.69) is 25.6 Å². The molecule has 70 valence electrons. The van der Waals surface area contributed by atoms with Gasteiger partial charge in [0.2, 0.25) is 0 Å². The van der Waals surface area contributed by atoms with Crippen LogP contribution in [-0.4, -0.2) is 21.2 Å². The summed E-state index contributed by atoms with van der Waals surface area (Å²) in [4.78, 5) is 0. The summed E-state index contributed by atoms with van der Waals surface area (Å²) in [5.74, 6) is 0.432. The van der Waals surface area contributed by atoms with Crippen molar-refractivity contribution >= 4 is 11.8 Å². The molecule has 2 aliphatic rings. The van der Waals surface area contributed by atoms with Gasteiger partial charge in [-0.25, -0.2) is 0 Å². The lowest BCUT2D eigenvalue weighted by Crippen LogP contribution is -2.41. The van der Waals surface area contributed by atoms with Gasteiger partial charge in [-0.05, 0) is 31.6 Å². The lowest BCUT2D eigenvalue weighted by Gasteiger charge is -2.39. The van der Waals surface area contributed by atoms with Gasteiger partial charge in [0.25, 0.3) is 0 Å². The van der Waals surface area contributed by atoms with Crippen molar-refractivity contribution in [3.05, 3.63) is 0 Å². The standard InChI is InChI=1S/C10H18OS/c1-7(2)10(11)5-8-3-4-9(6-10)12-8/h7-9,11H,3-6H2,1-2H3/t8-,9+,10-. The zero-order chi connectivity index (χ0) is 8.77. The van der Waals surface area contributed by atoms with Gasteiger partial charge in [-0.3, -0.25) is 0 Å². The number of fused-ring (bicyclic) bond motifs is 2. The molecule has 0 saturated carbocycles. The molecule has 3 atom stereocenters. The van der Waals surface area contributed by atoms with Gasteiger partial charge in [-0.1, -0.05) is 13.8 Å². The van der Waals surface area contributed by atoms with Gasteiger partial charge >= 0.3 is 0 Å². The van der Waals surface area contributed by atoms with E-state index < -0.39 is 0 Å². The fourth-order valence-corrected chi connectivity index (χ4v) is 4.28. The molecule has 2 saturated heterocycles. The minimum Gasteiger partial charge on any atom is -0.390 e. The molecule has 2 bridgehead atoms. The van der Waals surface area contributed by atoms with Crippen molar-refractivity contribution in [2.45, 2.75) is 55.6 Å². The first kappa shape index (κ1) is 8.89. The van der Waals surface area contributed by atoms with E-state index in [0.717, 1.165) is 23.3 Å². The topological polar surface area (TPSA) is 20.2 Å². The smallest absolute Gasteiger partial charge is 0.0691 e. The Morgan fingerprint density at radius 3 is 2.17 bits per heavy atom. The molecule has 2 rings (SSSR count). The molecule has 2 heterocycles. The second kappa shape index (κ2) is 2.91. The summed E-state index contributed by atoms with van der Waals surface area (Å²) in [6.45, 7) is 4.30.